The maximum absolute atomic E-state index is 5.97. The van der Waals surface area contributed by atoms with Gasteiger partial charge in [-0.05, 0) is 53.1 Å². The Morgan fingerprint density at radius 1 is 1.12 bits per heavy atom. The number of likely N-dealkylation sites (N-methyl/N-ethyl adjacent to an activating group) is 2. The maximum atomic E-state index is 5.97. The summed E-state index contributed by atoms with van der Waals surface area (Å²) in [6, 6.07) is 2.76. The Balaban J connectivity index is 1.85. The van der Waals surface area contributed by atoms with Gasteiger partial charge in [0, 0.05) is 30.7 Å². The van der Waals surface area contributed by atoms with E-state index in [2.05, 4.69) is 30.8 Å². The van der Waals surface area contributed by atoms with Gasteiger partial charge in [-0.3, -0.25) is 4.90 Å². The van der Waals surface area contributed by atoms with Crippen molar-refractivity contribution in [1.82, 2.24) is 9.80 Å². The zero-order valence-corrected chi connectivity index (χ0v) is 11.0. The molecule has 2 unspecified atom stereocenters. The van der Waals surface area contributed by atoms with E-state index in [1.807, 2.05) is 0 Å². The molecule has 0 radical (unpaired) electrons. The summed E-state index contributed by atoms with van der Waals surface area (Å²) >= 11 is 0. The predicted octanol–water partition coefficient (Wildman–Crippen LogP) is 1.28. The van der Waals surface area contributed by atoms with Crippen LogP contribution < -0.4 is 5.73 Å². The molecule has 1 heterocycles. The predicted molar refractivity (Wildman–Crippen MR) is 68.5 cm³/mol. The van der Waals surface area contributed by atoms with Gasteiger partial charge in [0.2, 0.25) is 0 Å². The molecule has 3 nitrogen and oxygen atoms in total. The van der Waals surface area contributed by atoms with Crippen molar-refractivity contribution >= 4 is 0 Å². The molecule has 0 aromatic carbocycles. The summed E-state index contributed by atoms with van der Waals surface area (Å²) in [5.74, 6) is 0. The third-order valence-electron chi connectivity index (χ3n) is 4.76. The van der Waals surface area contributed by atoms with Crippen LogP contribution in [0.3, 0.4) is 0 Å². The molecule has 1 aliphatic carbocycles. The maximum Gasteiger partial charge on any atom is 0.0237 e. The summed E-state index contributed by atoms with van der Waals surface area (Å²) in [4.78, 5) is 5.11. The highest BCUT2D eigenvalue weighted by Crippen LogP contribution is 2.27. The van der Waals surface area contributed by atoms with Crippen LogP contribution in [0.2, 0.25) is 0 Å². The van der Waals surface area contributed by atoms with Crippen LogP contribution >= 0.6 is 0 Å². The molecular weight excluding hydrogens is 198 g/mol. The van der Waals surface area contributed by atoms with Crippen molar-refractivity contribution < 1.29 is 0 Å². The van der Waals surface area contributed by atoms with Crippen LogP contribution in [0.25, 0.3) is 0 Å². The zero-order valence-electron chi connectivity index (χ0n) is 11.0. The number of hydrogen-bond acceptors (Lipinski definition) is 3. The third-order valence-corrected chi connectivity index (χ3v) is 4.76. The number of rotatable bonds is 2. The van der Waals surface area contributed by atoms with Crippen LogP contribution in [-0.4, -0.2) is 54.6 Å². The molecule has 0 amide bonds. The standard InChI is InChI=1S/C13H27N3/c1-10-8-13(9-15(10)2)16(3)12-6-4-11(14)5-7-12/h10-13H,4-9,14H2,1-3H3. The molecule has 3 heteroatoms. The fourth-order valence-corrected chi connectivity index (χ4v) is 3.26. The van der Waals surface area contributed by atoms with Gasteiger partial charge in [0.15, 0.2) is 0 Å². The fourth-order valence-electron chi connectivity index (χ4n) is 3.26. The van der Waals surface area contributed by atoms with Crippen molar-refractivity contribution in [1.29, 1.82) is 0 Å². The minimum Gasteiger partial charge on any atom is -0.328 e. The van der Waals surface area contributed by atoms with E-state index in [0.29, 0.717) is 6.04 Å². The van der Waals surface area contributed by atoms with Crippen molar-refractivity contribution in [3.05, 3.63) is 0 Å². The molecule has 2 rings (SSSR count). The van der Waals surface area contributed by atoms with Crippen LogP contribution in [0.1, 0.15) is 39.0 Å². The van der Waals surface area contributed by atoms with E-state index < -0.39 is 0 Å². The highest BCUT2D eigenvalue weighted by Gasteiger charge is 2.33. The Morgan fingerprint density at radius 2 is 1.75 bits per heavy atom. The largest absolute Gasteiger partial charge is 0.328 e. The minimum absolute atomic E-state index is 0.467. The second-order valence-electron chi connectivity index (χ2n) is 5.91. The van der Waals surface area contributed by atoms with Crippen molar-refractivity contribution in [3.63, 3.8) is 0 Å². The van der Waals surface area contributed by atoms with E-state index >= 15 is 0 Å². The van der Waals surface area contributed by atoms with Crippen molar-refractivity contribution in [2.24, 2.45) is 5.73 Å². The first kappa shape index (κ1) is 12.3. The SMILES string of the molecule is CC1CC(N(C)C2CCC(N)CC2)CN1C. The second-order valence-corrected chi connectivity index (χ2v) is 5.91. The van der Waals surface area contributed by atoms with Crippen molar-refractivity contribution in [2.75, 3.05) is 20.6 Å². The topological polar surface area (TPSA) is 32.5 Å². The molecule has 2 N–H and O–H groups in total. The lowest BCUT2D eigenvalue weighted by atomic mass is 9.90. The molecule has 2 fully saturated rings. The van der Waals surface area contributed by atoms with E-state index in [0.717, 1.165) is 18.1 Å². The Morgan fingerprint density at radius 3 is 2.25 bits per heavy atom. The number of likely N-dealkylation sites (tertiary alicyclic amines) is 1. The molecule has 0 bridgehead atoms. The average molecular weight is 225 g/mol. The summed E-state index contributed by atoms with van der Waals surface area (Å²) in [6.07, 6.45) is 6.36. The van der Waals surface area contributed by atoms with E-state index in [9.17, 15) is 0 Å². The van der Waals surface area contributed by atoms with Gasteiger partial charge in [-0.2, -0.15) is 0 Å². The van der Waals surface area contributed by atoms with Gasteiger partial charge in [-0.15, -0.1) is 0 Å². The lowest BCUT2D eigenvalue weighted by Gasteiger charge is -2.37. The summed E-state index contributed by atoms with van der Waals surface area (Å²) in [7, 11) is 4.56. The van der Waals surface area contributed by atoms with Gasteiger partial charge >= 0.3 is 0 Å². The highest BCUT2D eigenvalue weighted by atomic mass is 15.3. The summed E-state index contributed by atoms with van der Waals surface area (Å²) in [5.41, 5.74) is 5.97. The third kappa shape index (κ3) is 2.58. The molecule has 0 aromatic heterocycles. The Labute approximate surface area is 100.0 Å². The number of hydrogen-bond donors (Lipinski definition) is 1. The molecule has 94 valence electrons. The number of nitrogens with zero attached hydrogens (tertiary/aromatic N) is 2. The summed E-state index contributed by atoms with van der Waals surface area (Å²) in [6.45, 7) is 3.57. The monoisotopic (exact) mass is 225 g/mol. The van der Waals surface area contributed by atoms with Crippen LogP contribution in [0, 0.1) is 0 Å². The first-order valence-corrected chi connectivity index (χ1v) is 6.75. The Hall–Kier alpha value is -0.120. The molecule has 2 atom stereocenters. The normalized spacial score (nSPS) is 41.8. The van der Waals surface area contributed by atoms with Crippen molar-refractivity contribution in [2.45, 2.75) is 63.2 Å². The van der Waals surface area contributed by atoms with Crippen LogP contribution in [0.4, 0.5) is 0 Å². The molecule has 16 heavy (non-hydrogen) atoms. The molecule has 2 aliphatic rings. The second kappa shape index (κ2) is 5.03. The van der Waals surface area contributed by atoms with Crippen LogP contribution in [-0.2, 0) is 0 Å². The summed E-state index contributed by atoms with van der Waals surface area (Å²) < 4.78 is 0. The molecule has 1 saturated heterocycles. The molecule has 0 spiro atoms. The van der Waals surface area contributed by atoms with E-state index in [-0.39, 0.29) is 0 Å². The first-order valence-electron chi connectivity index (χ1n) is 6.75. The lowest BCUT2D eigenvalue weighted by molar-refractivity contribution is 0.134. The lowest BCUT2D eigenvalue weighted by Crippen LogP contribution is -2.44. The quantitative estimate of drug-likeness (QED) is 0.768. The van der Waals surface area contributed by atoms with E-state index in [1.165, 1.54) is 38.6 Å². The highest BCUT2D eigenvalue weighted by molar-refractivity contribution is 4.90. The van der Waals surface area contributed by atoms with Gasteiger partial charge in [-0.1, -0.05) is 0 Å². The van der Waals surface area contributed by atoms with Gasteiger partial charge in [0.1, 0.15) is 0 Å². The first-order chi connectivity index (χ1) is 7.58. The fraction of sp³-hybridized carbons (Fsp3) is 1.00. The van der Waals surface area contributed by atoms with Crippen LogP contribution in [0.15, 0.2) is 0 Å². The van der Waals surface area contributed by atoms with E-state index in [4.69, 9.17) is 5.73 Å². The Bertz CT molecular complexity index is 213. The summed E-state index contributed by atoms with van der Waals surface area (Å²) in [5, 5.41) is 0. The smallest absolute Gasteiger partial charge is 0.0237 e. The van der Waals surface area contributed by atoms with Gasteiger partial charge in [0.25, 0.3) is 0 Å². The van der Waals surface area contributed by atoms with Crippen molar-refractivity contribution in [3.8, 4) is 0 Å². The van der Waals surface area contributed by atoms with Crippen LogP contribution in [0.5, 0.6) is 0 Å². The zero-order chi connectivity index (χ0) is 11.7. The van der Waals surface area contributed by atoms with E-state index in [1.54, 1.807) is 0 Å². The van der Waals surface area contributed by atoms with Gasteiger partial charge in [-0.25, -0.2) is 0 Å². The minimum atomic E-state index is 0.467. The van der Waals surface area contributed by atoms with Gasteiger partial charge < -0.3 is 10.6 Å². The molecule has 1 saturated carbocycles. The average Bonchev–Trinajstić information content (AvgIpc) is 2.59. The van der Waals surface area contributed by atoms with Gasteiger partial charge in [0.05, 0.1) is 0 Å². The molecule has 0 aromatic rings. The Kier molecular flexibility index (Phi) is 3.88. The number of nitrogens with two attached hydrogens (primary N) is 1. The molecular formula is C13H27N3. The molecule has 1 aliphatic heterocycles.